The number of hydrogen-bond acceptors (Lipinski definition) is 2. The summed E-state index contributed by atoms with van der Waals surface area (Å²) in [7, 11) is 0. The van der Waals surface area contributed by atoms with Crippen LogP contribution in [0.4, 0.5) is 5.69 Å². The van der Waals surface area contributed by atoms with Gasteiger partial charge in [-0.25, -0.2) is 0 Å². The first kappa shape index (κ1) is 14.4. The molecule has 4 heteroatoms. The van der Waals surface area contributed by atoms with Crippen LogP contribution in [-0.2, 0) is 10.2 Å². The molecule has 1 unspecified atom stereocenters. The van der Waals surface area contributed by atoms with E-state index in [0.717, 1.165) is 16.3 Å². The standard InChI is InChI=1S/C15H21ClN2O/c1-10(17)7-8-13(19)18-9-15(2,3)14-11(16)5-4-6-12(14)18/h4-6,10H,7-9,17H2,1-3H3. The van der Waals surface area contributed by atoms with Gasteiger partial charge in [-0.3, -0.25) is 4.79 Å². The predicted molar refractivity (Wildman–Crippen MR) is 79.7 cm³/mol. The van der Waals surface area contributed by atoms with Gasteiger partial charge in [-0.05, 0) is 25.5 Å². The number of anilines is 1. The Morgan fingerprint density at radius 2 is 2.21 bits per heavy atom. The van der Waals surface area contributed by atoms with E-state index in [9.17, 15) is 4.79 Å². The molecule has 1 aliphatic heterocycles. The minimum absolute atomic E-state index is 0.0541. The number of amides is 1. The highest BCUT2D eigenvalue weighted by Gasteiger charge is 2.39. The van der Waals surface area contributed by atoms with Gasteiger partial charge in [-0.15, -0.1) is 0 Å². The normalized spacial score (nSPS) is 18.3. The fourth-order valence-electron chi connectivity index (χ4n) is 2.68. The molecule has 0 radical (unpaired) electrons. The summed E-state index contributed by atoms with van der Waals surface area (Å²) < 4.78 is 0. The summed E-state index contributed by atoms with van der Waals surface area (Å²) in [6.45, 7) is 6.85. The van der Waals surface area contributed by atoms with Crippen LogP contribution in [0.5, 0.6) is 0 Å². The minimum Gasteiger partial charge on any atom is -0.328 e. The van der Waals surface area contributed by atoms with Crippen LogP contribution in [0.1, 0.15) is 39.2 Å². The average molecular weight is 281 g/mol. The molecule has 0 fully saturated rings. The molecule has 0 bridgehead atoms. The molecule has 104 valence electrons. The average Bonchev–Trinajstić information content (AvgIpc) is 2.59. The third-order valence-corrected chi connectivity index (χ3v) is 3.94. The van der Waals surface area contributed by atoms with Crippen LogP contribution in [0.3, 0.4) is 0 Å². The van der Waals surface area contributed by atoms with Crippen LogP contribution in [-0.4, -0.2) is 18.5 Å². The number of nitrogens with zero attached hydrogens (tertiary/aromatic N) is 1. The lowest BCUT2D eigenvalue weighted by atomic mass is 9.87. The van der Waals surface area contributed by atoms with Crippen molar-refractivity contribution in [2.75, 3.05) is 11.4 Å². The van der Waals surface area contributed by atoms with E-state index in [1.165, 1.54) is 0 Å². The van der Waals surface area contributed by atoms with Gasteiger partial charge in [0.2, 0.25) is 5.91 Å². The van der Waals surface area contributed by atoms with Crippen molar-refractivity contribution in [3.8, 4) is 0 Å². The number of fused-ring (bicyclic) bond motifs is 1. The smallest absolute Gasteiger partial charge is 0.227 e. The van der Waals surface area contributed by atoms with Crippen molar-refractivity contribution in [1.82, 2.24) is 0 Å². The van der Waals surface area contributed by atoms with Crippen molar-refractivity contribution >= 4 is 23.2 Å². The Kier molecular flexibility index (Phi) is 3.88. The number of carbonyl (C=O) groups is 1. The lowest BCUT2D eigenvalue weighted by Gasteiger charge is -2.21. The fraction of sp³-hybridized carbons (Fsp3) is 0.533. The van der Waals surface area contributed by atoms with E-state index in [1.54, 1.807) is 0 Å². The van der Waals surface area contributed by atoms with Gasteiger partial charge in [0, 0.05) is 40.7 Å². The number of rotatable bonds is 3. The van der Waals surface area contributed by atoms with Gasteiger partial charge in [-0.1, -0.05) is 31.5 Å². The summed E-state index contributed by atoms with van der Waals surface area (Å²) in [5, 5.41) is 0.741. The fourth-order valence-corrected chi connectivity index (χ4v) is 3.10. The number of benzene rings is 1. The largest absolute Gasteiger partial charge is 0.328 e. The number of halogens is 1. The highest BCUT2D eigenvalue weighted by Crippen LogP contribution is 2.44. The van der Waals surface area contributed by atoms with Gasteiger partial charge in [0.1, 0.15) is 0 Å². The van der Waals surface area contributed by atoms with Gasteiger partial charge in [-0.2, -0.15) is 0 Å². The van der Waals surface area contributed by atoms with Crippen molar-refractivity contribution in [2.45, 2.75) is 45.1 Å². The molecule has 0 aliphatic carbocycles. The Bertz CT molecular complexity index is 497. The molecule has 1 heterocycles. The molecular weight excluding hydrogens is 260 g/mol. The first-order valence-corrected chi connectivity index (χ1v) is 7.05. The van der Waals surface area contributed by atoms with E-state index in [0.29, 0.717) is 19.4 Å². The Balaban J connectivity index is 2.28. The quantitative estimate of drug-likeness (QED) is 0.925. The number of carbonyl (C=O) groups excluding carboxylic acids is 1. The molecule has 2 N–H and O–H groups in total. The Morgan fingerprint density at radius 1 is 1.53 bits per heavy atom. The first-order valence-electron chi connectivity index (χ1n) is 6.68. The molecule has 1 amide bonds. The van der Waals surface area contributed by atoms with Crippen molar-refractivity contribution in [1.29, 1.82) is 0 Å². The maximum Gasteiger partial charge on any atom is 0.227 e. The highest BCUT2D eigenvalue weighted by atomic mass is 35.5. The summed E-state index contributed by atoms with van der Waals surface area (Å²) in [6, 6.07) is 5.81. The lowest BCUT2D eigenvalue weighted by Crippen LogP contribution is -2.34. The SMILES string of the molecule is CC(N)CCC(=O)N1CC(C)(C)c2c(Cl)cccc21. The minimum atomic E-state index is -0.0995. The lowest BCUT2D eigenvalue weighted by molar-refractivity contribution is -0.118. The maximum atomic E-state index is 12.3. The summed E-state index contributed by atoms with van der Waals surface area (Å²) >= 11 is 6.29. The Morgan fingerprint density at radius 3 is 2.84 bits per heavy atom. The van der Waals surface area contributed by atoms with Crippen LogP contribution in [0.15, 0.2) is 18.2 Å². The maximum absolute atomic E-state index is 12.3. The second-order valence-corrected chi connectivity index (χ2v) is 6.42. The van der Waals surface area contributed by atoms with Crippen LogP contribution < -0.4 is 10.6 Å². The molecule has 0 saturated heterocycles. The van der Waals surface area contributed by atoms with E-state index >= 15 is 0 Å². The van der Waals surface area contributed by atoms with E-state index in [1.807, 2.05) is 30.0 Å². The molecule has 1 aromatic rings. The summed E-state index contributed by atoms with van der Waals surface area (Å²) in [5.41, 5.74) is 7.65. The molecule has 3 nitrogen and oxygen atoms in total. The Labute approximate surface area is 119 Å². The molecule has 0 spiro atoms. The summed E-state index contributed by atoms with van der Waals surface area (Å²) in [4.78, 5) is 14.2. The second kappa shape index (κ2) is 5.14. The zero-order valence-electron chi connectivity index (χ0n) is 11.7. The summed E-state index contributed by atoms with van der Waals surface area (Å²) in [6.07, 6.45) is 1.20. The monoisotopic (exact) mass is 280 g/mol. The van der Waals surface area contributed by atoms with Crippen LogP contribution >= 0.6 is 11.6 Å². The van der Waals surface area contributed by atoms with Crippen molar-refractivity contribution in [3.63, 3.8) is 0 Å². The van der Waals surface area contributed by atoms with Gasteiger partial charge >= 0.3 is 0 Å². The van der Waals surface area contributed by atoms with E-state index in [4.69, 9.17) is 17.3 Å². The predicted octanol–water partition coefficient (Wildman–Crippen LogP) is 3.09. The van der Waals surface area contributed by atoms with Crippen molar-refractivity contribution < 1.29 is 4.79 Å². The van der Waals surface area contributed by atoms with Gasteiger partial charge < -0.3 is 10.6 Å². The molecular formula is C15H21ClN2O. The third-order valence-electron chi connectivity index (χ3n) is 3.63. The second-order valence-electron chi connectivity index (χ2n) is 6.01. The zero-order valence-corrected chi connectivity index (χ0v) is 12.5. The molecule has 0 aromatic heterocycles. The zero-order chi connectivity index (χ0) is 14.2. The summed E-state index contributed by atoms with van der Waals surface area (Å²) in [5.74, 6) is 0.131. The van der Waals surface area contributed by atoms with Crippen LogP contribution in [0.25, 0.3) is 0 Å². The Hall–Kier alpha value is -1.06. The van der Waals surface area contributed by atoms with Gasteiger partial charge in [0.15, 0.2) is 0 Å². The van der Waals surface area contributed by atoms with E-state index in [2.05, 4.69) is 13.8 Å². The molecule has 1 aromatic carbocycles. The van der Waals surface area contributed by atoms with Crippen LogP contribution in [0.2, 0.25) is 5.02 Å². The van der Waals surface area contributed by atoms with Crippen LogP contribution in [0, 0.1) is 0 Å². The third kappa shape index (κ3) is 2.77. The van der Waals surface area contributed by atoms with Gasteiger partial charge in [0.25, 0.3) is 0 Å². The highest BCUT2D eigenvalue weighted by molar-refractivity contribution is 6.32. The van der Waals surface area contributed by atoms with Crippen molar-refractivity contribution in [3.05, 3.63) is 28.8 Å². The first-order chi connectivity index (χ1) is 8.83. The molecule has 0 saturated carbocycles. The van der Waals surface area contributed by atoms with E-state index < -0.39 is 0 Å². The van der Waals surface area contributed by atoms with E-state index in [-0.39, 0.29) is 17.4 Å². The number of hydrogen-bond donors (Lipinski definition) is 1. The molecule has 1 aliphatic rings. The molecule has 1 atom stereocenters. The molecule has 2 rings (SSSR count). The topological polar surface area (TPSA) is 46.3 Å². The van der Waals surface area contributed by atoms with Gasteiger partial charge in [0.05, 0.1) is 0 Å². The number of nitrogens with two attached hydrogens (primary N) is 1. The molecule has 19 heavy (non-hydrogen) atoms. The van der Waals surface area contributed by atoms with Crippen molar-refractivity contribution in [2.24, 2.45) is 5.73 Å².